The van der Waals surface area contributed by atoms with Crippen molar-refractivity contribution in [3.05, 3.63) is 63.6 Å². The molecule has 7 heteroatoms. The van der Waals surface area contributed by atoms with Crippen LogP contribution in [0.5, 0.6) is 5.75 Å². The lowest BCUT2D eigenvalue weighted by molar-refractivity contribution is -0.142. The Bertz CT molecular complexity index is 908. The molecule has 0 saturated heterocycles. The van der Waals surface area contributed by atoms with E-state index >= 15 is 0 Å². The van der Waals surface area contributed by atoms with Crippen LogP contribution in [-0.4, -0.2) is 34.9 Å². The van der Waals surface area contributed by atoms with Gasteiger partial charge in [-0.05, 0) is 69.5 Å². The highest BCUT2D eigenvalue weighted by Gasteiger charge is 2.29. The predicted molar refractivity (Wildman–Crippen MR) is 126 cm³/mol. The monoisotopic (exact) mass is 464 g/mol. The Balaban J connectivity index is 2.19. The van der Waals surface area contributed by atoms with Crippen LogP contribution in [0.1, 0.15) is 45.7 Å². The zero-order valence-electron chi connectivity index (χ0n) is 18.7. The van der Waals surface area contributed by atoms with Crippen LogP contribution < -0.4 is 10.1 Å². The highest BCUT2D eigenvalue weighted by atomic mass is 35.5. The van der Waals surface area contributed by atoms with Crippen molar-refractivity contribution in [2.45, 2.75) is 59.2 Å². The van der Waals surface area contributed by atoms with Gasteiger partial charge in [-0.15, -0.1) is 0 Å². The van der Waals surface area contributed by atoms with Gasteiger partial charge in [-0.3, -0.25) is 9.59 Å². The Kier molecular flexibility index (Phi) is 8.78. The number of carbonyl (C=O) groups is 2. The van der Waals surface area contributed by atoms with Crippen molar-refractivity contribution in [1.82, 2.24) is 10.2 Å². The molecular weight excluding hydrogens is 435 g/mol. The maximum atomic E-state index is 13.1. The molecule has 0 saturated carbocycles. The van der Waals surface area contributed by atoms with Gasteiger partial charge in [-0.2, -0.15) is 0 Å². The van der Waals surface area contributed by atoms with Crippen LogP contribution in [0.15, 0.2) is 42.5 Å². The van der Waals surface area contributed by atoms with Crippen molar-refractivity contribution >= 4 is 35.0 Å². The van der Waals surface area contributed by atoms with Gasteiger partial charge in [0.2, 0.25) is 5.91 Å². The van der Waals surface area contributed by atoms with E-state index in [0.717, 1.165) is 6.42 Å². The summed E-state index contributed by atoms with van der Waals surface area (Å²) in [5.74, 6) is 0.0298. The Labute approximate surface area is 194 Å². The largest absolute Gasteiger partial charge is 0.484 e. The Morgan fingerprint density at radius 3 is 2.29 bits per heavy atom. The van der Waals surface area contributed by atoms with E-state index in [1.165, 1.54) is 10.5 Å². The number of rotatable bonds is 8. The van der Waals surface area contributed by atoms with E-state index in [9.17, 15) is 9.59 Å². The molecule has 2 amide bonds. The molecule has 5 nitrogen and oxygen atoms in total. The van der Waals surface area contributed by atoms with Crippen molar-refractivity contribution in [1.29, 1.82) is 0 Å². The highest BCUT2D eigenvalue weighted by molar-refractivity contribution is 6.35. The third-order valence-corrected chi connectivity index (χ3v) is 5.30. The number of benzene rings is 2. The number of carbonyl (C=O) groups excluding carboxylic acids is 2. The standard InChI is InChI=1S/C24H30Cl2N2O3/c1-6-17-7-11-20(12-8-17)31-15-22(29)28(16(2)23(30)27-24(3,4)5)14-18-9-10-19(25)13-21(18)26/h7-13,16H,6,14-15H2,1-5H3,(H,27,30)/t16-/m0/s1. The zero-order chi connectivity index (χ0) is 23.2. The van der Waals surface area contributed by atoms with Gasteiger partial charge in [0.15, 0.2) is 6.61 Å². The molecule has 0 aliphatic carbocycles. The molecule has 0 aromatic heterocycles. The summed E-state index contributed by atoms with van der Waals surface area (Å²) < 4.78 is 5.69. The van der Waals surface area contributed by atoms with Gasteiger partial charge in [0.1, 0.15) is 11.8 Å². The molecule has 0 unspecified atom stereocenters. The van der Waals surface area contributed by atoms with Crippen molar-refractivity contribution in [2.24, 2.45) is 0 Å². The first-order chi connectivity index (χ1) is 14.5. The zero-order valence-corrected chi connectivity index (χ0v) is 20.2. The topological polar surface area (TPSA) is 58.6 Å². The van der Waals surface area contributed by atoms with E-state index in [0.29, 0.717) is 21.4 Å². The predicted octanol–water partition coefficient (Wildman–Crippen LogP) is 5.27. The maximum Gasteiger partial charge on any atom is 0.261 e. The van der Waals surface area contributed by atoms with Crippen LogP contribution in [0.25, 0.3) is 0 Å². The molecule has 31 heavy (non-hydrogen) atoms. The summed E-state index contributed by atoms with van der Waals surface area (Å²) in [6, 6.07) is 12.0. The lowest BCUT2D eigenvalue weighted by Gasteiger charge is -2.31. The molecule has 1 atom stereocenters. The smallest absolute Gasteiger partial charge is 0.261 e. The number of hydrogen-bond donors (Lipinski definition) is 1. The first-order valence-electron chi connectivity index (χ1n) is 10.3. The van der Waals surface area contributed by atoms with Crippen LogP contribution in [-0.2, 0) is 22.6 Å². The highest BCUT2D eigenvalue weighted by Crippen LogP contribution is 2.23. The fourth-order valence-corrected chi connectivity index (χ4v) is 3.41. The van der Waals surface area contributed by atoms with E-state index in [1.54, 1.807) is 25.1 Å². The molecule has 168 valence electrons. The summed E-state index contributed by atoms with van der Waals surface area (Å²) >= 11 is 12.3. The molecule has 0 spiro atoms. The number of amides is 2. The van der Waals surface area contributed by atoms with Gasteiger partial charge in [0.25, 0.3) is 5.91 Å². The van der Waals surface area contributed by atoms with E-state index < -0.39 is 11.6 Å². The molecule has 2 rings (SSSR count). The molecule has 1 N–H and O–H groups in total. The molecule has 0 heterocycles. The fraction of sp³-hybridized carbons (Fsp3) is 0.417. The fourth-order valence-electron chi connectivity index (χ4n) is 2.94. The van der Waals surface area contributed by atoms with Crippen molar-refractivity contribution in [3.8, 4) is 5.75 Å². The quantitative estimate of drug-likeness (QED) is 0.578. The average molecular weight is 465 g/mol. The minimum atomic E-state index is -0.718. The third kappa shape index (κ3) is 7.75. The minimum absolute atomic E-state index is 0.158. The van der Waals surface area contributed by atoms with E-state index in [2.05, 4.69) is 12.2 Å². The van der Waals surface area contributed by atoms with Crippen LogP contribution >= 0.6 is 23.2 Å². The Morgan fingerprint density at radius 1 is 1.10 bits per heavy atom. The van der Waals surface area contributed by atoms with Gasteiger partial charge in [-0.1, -0.05) is 48.3 Å². The normalized spacial score (nSPS) is 12.2. The van der Waals surface area contributed by atoms with Crippen LogP contribution in [0, 0.1) is 0 Å². The number of ether oxygens (including phenoxy) is 1. The van der Waals surface area contributed by atoms with Gasteiger partial charge < -0.3 is 15.0 Å². The first kappa shape index (κ1) is 25.0. The lowest BCUT2D eigenvalue weighted by atomic mass is 10.1. The van der Waals surface area contributed by atoms with E-state index in [4.69, 9.17) is 27.9 Å². The van der Waals surface area contributed by atoms with Gasteiger partial charge in [0, 0.05) is 22.1 Å². The second-order valence-corrected chi connectivity index (χ2v) is 9.30. The van der Waals surface area contributed by atoms with Crippen LogP contribution in [0.4, 0.5) is 0 Å². The van der Waals surface area contributed by atoms with Gasteiger partial charge >= 0.3 is 0 Å². The SMILES string of the molecule is CCc1ccc(OCC(=O)N(Cc2ccc(Cl)cc2Cl)[C@@H](C)C(=O)NC(C)(C)C)cc1. The van der Waals surface area contributed by atoms with Crippen LogP contribution in [0.3, 0.4) is 0 Å². The van der Waals surface area contributed by atoms with E-state index in [1.807, 2.05) is 45.0 Å². The van der Waals surface area contributed by atoms with E-state index in [-0.39, 0.29) is 25.0 Å². The van der Waals surface area contributed by atoms with Gasteiger partial charge in [-0.25, -0.2) is 0 Å². The molecule has 2 aromatic carbocycles. The Hall–Kier alpha value is -2.24. The summed E-state index contributed by atoms with van der Waals surface area (Å²) in [6.07, 6.45) is 0.926. The van der Waals surface area contributed by atoms with Gasteiger partial charge in [0.05, 0.1) is 0 Å². The number of halogens is 2. The molecule has 2 aromatic rings. The molecule has 0 fully saturated rings. The third-order valence-electron chi connectivity index (χ3n) is 4.72. The molecular formula is C24H30Cl2N2O3. The number of hydrogen-bond acceptors (Lipinski definition) is 3. The first-order valence-corrected chi connectivity index (χ1v) is 11.0. The molecule has 0 aliphatic rings. The maximum absolute atomic E-state index is 13.1. The molecule has 0 radical (unpaired) electrons. The number of aryl methyl sites for hydroxylation is 1. The number of nitrogens with one attached hydrogen (secondary N) is 1. The summed E-state index contributed by atoms with van der Waals surface area (Å²) in [7, 11) is 0. The summed E-state index contributed by atoms with van der Waals surface area (Å²) in [5.41, 5.74) is 1.46. The summed E-state index contributed by atoms with van der Waals surface area (Å²) in [6.45, 7) is 9.41. The molecule has 0 bridgehead atoms. The second-order valence-electron chi connectivity index (χ2n) is 8.46. The van der Waals surface area contributed by atoms with Crippen molar-refractivity contribution in [2.75, 3.05) is 6.61 Å². The van der Waals surface area contributed by atoms with Crippen LogP contribution in [0.2, 0.25) is 10.0 Å². The second kappa shape index (κ2) is 10.9. The summed E-state index contributed by atoms with van der Waals surface area (Å²) in [4.78, 5) is 27.3. The van der Waals surface area contributed by atoms with Crippen molar-refractivity contribution in [3.63, 3.8) is 0 Å². The number of nitrogens with zero attached hydrogens (tertiary/aromatic N) is 1. The Morgan fingerprint density at radius 2 is 1.74 bits per heavy atom. The molecule has 0 aliphatic heterocycles. The minimum Gasteiger partial charge on any atom is -0.484 e. The average Bonchev–Trinajstić information content (AvgIpc) is 2.70. The lowest BCUT2D eigenvalue weighted by Crippen LogP contribution is -2.53. The van der Waals surface area contributed by atoms with Crippen molar-refractivity contribution < 1.29 is 14.3 Å². The summed E-state index contributed by atoms with van der Waals surface area (Å²) in [5, 5.41) is 3.86.